The van der Waals surface area contributed by atoms with Crippen molar-refractivity contribution in [2.75, 3.05) is 26.3 Å². The average Bonchev–Trinajstić information content (AvgIpc) is 2.82. The number of fused-ring (bicyclic) bond motifs is 1. The molecule has 1 aromatic rings. The Morgan fingerprint density at radius 3 is 2.52 bits per heavy atom. The molecule has 0 spiro atoms. The molecule has 0 saturated carbocycles. The van der Waals surface area contributed by atoms with Gasteiger partial charge in [0.2, 0.25) is 5.91 Å². The maximum absolute atomic E-state index is 12.1. The lowest BCUT2D eigenvalue weighted by Gasteiger charge is -2.45. The molecule has 1 aromatic carbocycles. The molecule has 170 valence electrons. The van der Waals surface area contributed by atoms with Gasteiger partial charge in [-0.05, 0) is 36.6 Å². The van der Waals surface area contributed by atoms with Crippen molar-refractivity contribution in [3.8, 4) is 29.7 Å². The largest absolute Gasteiger partial charge is 0.490 e. The van der Waals surface area contributed by atoms with E-state index in [4.69, 9.17) is 15.2 Å². The number of benzene rings is 1. The van der Waals surface area contributed by atoms with Crippen molar-refractivity contribution in [2.45, 2.75) is 33.1 Å². The molecular formula is C25H27N5O3. The first-order valence-corrected chi connectivity index (χ1v) is 11.0. The van der Waals surface area contributed by atoms with Gasteiger partial charge >= 0.3 is 0 Å². The minimum Gasteiger partial charge on any atom is -0.490 e. The molecule has 0 unspecified atom stereocenters. The van der Waals surface area contributed by atoms with Crippen molar-refractivity contribution >= 4 is 5.91 Å². The van der Waals surface area contributed by atoms with Crippen LogP contribution >= 0.6 is 0 Å². The molecule has 2 aliphatic rings. The summed E-state index contributed by atoms with van der Waals surface area (Å²) in [6.45, 7) is 6.88. The highest BCUT2D eigenvalue weighted by Gasteiger charge is 2.54. The van der Waals surface area contributed by atoms with Gasteiger partial charge in [0.05, 0.1) is 36.6 Å². The van der Waals surface area contributed by atoms with E-state index in [1.54, 1.807) is 29.2 Å². The second-order valence-electron chi connectivity index (χ2n) is 8.09. The Hall–Kier alpha value is -3.96. The number of carbonyl (C=O) groups excluding carboxylic acids is 1. The average molecular weight is 446 g/mol. The Balaban J connectivity index is 2.25. The molecule has 1 aliphatic heterocycles. The molecule has 3 rings (SSSR count). The topological polar surface area (TPSA) is 136 Å². The summed E-state index contributed by atoms with van der Waals surface area (Å²) >= 11 is 0. The van der Waals surface area contributed by atoms with Crippen molar-refractivity contribution < 1.29 is 14.3 Å². The van der Waals surface area contributed by atoms with E-state index in [9.17, 15) is 20.6 Å². The van der Waals surface area contributed by atoms with E-state index in [1.165, 1.54) is 6.92 Å². The van der Waals surface area contributed by atoms with Gasteiger partial charge in [-0.25, -0.2) is 0 Å². The number of allylic oxidation sites excluding steroid dienone is 2. The van der Waals surface area contributed by atoms with Crippen molar-refractivity contribution in [3.05, 3.63) is 46.7 Å². The van der Waals surface area contributed by atoms with E-state index in [-0.39, 0.29) is 23.7 Å². The minimum atomic E-state index is -1.78. The van der Waals surface area contributed by atoms with Crippen LogP contribution < -0.4 is 15.2 Å². The maximum Gasteiger partial charge on any atom is 0.219 e. The third-order valence-electron chi connectivity index (χ3n) is 6.20. The molecule has 0 aromatic heterocycles. The minimum absolute atomic E-state index is 0.0527. The number of nitriles is 3. The lowest BCUT2D eigenvalue weighted by Crippen LogP contribution is -2.48. The lowest BCUT2D eigenvalue weighted by atomic mass is 9.58. The fraction of sp³-hybridized carbons (Fsp3) is 0.440. The molecular weight excluding hydrogens is 418 g/mol. The van der Waals surface area contributed by atoms with Crippen LogP contribution in [-0.2, 0) is 4.79 Å². The van der Waals surface area contributed by atoms with Gasteiger partial charge < -0.3 is 20.1 Å². The van der Waals surface area contributed by atoms with E-state index in [2.05, 4.69) is 18.2 Å². The highest BCUT2D eigenvalue weighted by molar-refractivity contribution is 5.74. The number of hydrogen-bond donors (Lipinski definition) is 1. The predicted octanol–water partition coefficient (Wildman–Crippen LogP) is 3.15. The molecule has 2 N–H and O–H groups in total. The maximum atomic E-state index is 12.1. The van der Waals surface area contributed by atoms with Crippen molar-refractivity contribution in [1.29, 1.82) is 15.8 Å². The summed E-state index contributed by atoms with van der Waals surface area (Å²) in [5.41, 5.74) is 5.99. The number of ether oxygens (including phenoxy) is 2. The lowest BCUT2D eigenvalue weighted by molar-refractivity contribution is -0.129. The SMILES string of the molecule is CCCOc1ccc([C@H]2[C@H]3CN(C(C)=O)CC=C3C(C#N)=C(N)C2(C#N)C#N)cc1OCC. The Morgan fingerprint density at radius 1 is 1.21 bits per heavy atom. The van der Waals surface area contributed by atoms with E-state index in [0.717, 1.165) is 6.42 Å². The zero-order chi connectivity index (χ0) is 24.2. The molecule has 1 heterocycles. The Labute approximate surface area is 194 Å². The fourth-order valence-electron chi connectivity index (χ4n) is 4.63. The van der Waals surface area contributed by atoms with Crippen LogP contribution in [0.1, 0.15) is 38.7 Å². The van der Waals surface area contributed by atoms with Gasteiger partial charge in [-0.2, -0.15) is 15.8 Å². The van der Waals surface area contributed by atoms with Gasteiger partial charge in [-0.15, -0.1) is 0 Å². The Bertz CT molecular complexity index is 1120. The summed E-state index contributed by atoms with van der Waals surface area (Å²) in [6, 6.07) is 11.7. The fourth-order valence-corrected chi connectivity index (χ4v) is 4.63. The van der Waals surface area contributed by atoms with Crippen LogP contribution in [0.5, 0.6) is 11.5 Å². The Morgan fingerprint density at radius 2 is 1.94 bits per heavy atom. The zero-order valence-corrected chi connectivity index (χ0v) is 19.1. The number of nitrogens with zero attached hydrogens (tertiary/aromatic N) is 4. The standard InChI is InChI=1S/C25H27N5O3/c1-4-10-33-21-7-6-17(11-22(21)32-5-2)23-20-13-30(16(3)31)9-8-18(20)19(12-26)24(29)25(23,14-27)15-28/h6-8,11,20,23H,4-5,9-10,13,29H2,1-3H3/t20-,23-/m0/s1. The number of amides is 1. The molecule has 0 fully saturated rings. The predicted molar refractivity (Wildman–Crippen MR) is 120 cm³/mol. The normalized spacial score (nSPS) is 21.1. The van der Waals surface area contributed by atoms with Crippen molar-refractivity contribution in [1.82, 2.24) is 4.90 Å². The summed E-state index contributed by atoms with van der Waals surface area (Å²) in [5, 5.41) is 30.3. The van der Waals surface area contributed by atoms with Crippen LogP contribution in [0, 0.1) is 45.3 Å². The number of carbonyl (C=O) groups is 1. The third-order valence-corrected chi connectivity index (χ3v) is 6.20. The van der Waals surface area contributed by atoms with Crippen molar-refractivity contribution in [2.24, 2.45) is 17.1 Å². The summed E-state index contributed by atoms with van der Waals surface area (Å²) < 4.78 is 11.6. The van der Waals surface area contributed by atoms with Crippen molar-refractivity contribution in [3.63, 3.8) is 0 Å². The van der Waals surface area contributed by atoms with Gasteiger partial charge in [0.25, 0.3) is 0 Å². The quantitative estimate of drug-likeness (QED) is 0.710. The molecule has 0 bridgehead atoms. The van der Waals surface area contributed by atoms with Gasteiger partial charge in [-0.3, -0.25) is 4.79 Å². The molecule has 1 amide bonds. The van der Waals surface area contributed by atoms with Crippen LogP contribution in [0.25, 0.3) is 0 Å². The van der Waals surface area contributed by atoms with Crippen LogP contribution in [-0.4, -0.2) is 37.1 Å². The number of nitrogens with two attached hydrogens (primary N) is 1. The molecule has 8 nitrogen and oxygen atoms in total. The van der Waals surface area contributed by atoms with Crippen LogP contribution in [0.15, 0.2) is 41.1 Å². The van der Waals surface area contributed by atoms with E-state index >= 15 is 0 Å². The molecule has 0 saturated heterocycles. The smallest absolute Gasteiger partial charge is 0.219 e. The van der Waals surface area contributed by atoms with Crippen LogP contribution in [0.2, 0.25) is 0 Å². The summed E-state index contributed by atoms with van der Waals surface area (Å²) in [4.78, 5) is 13.8. The van der Waals surface area contributed by atoms with Gasteiger partial charge in [-0.1, -0.05) is 19.1 Å². The molecule has 0 radical (unpaired) electrons. The van der Waals surface area contributed by atoms with E-state index in [1.807, 2.05) is 13.8 Å². The first-order chi connectivity index (χ1) is 15.9. The number of hydrogen-bond acceptors (Lipinski definition) is 7. The van der Waals surface area contributed by atoms with Gasteiger partial charge in [0.15, 0.2) is 16.9 Å². The first kappa shape index (κ1) is 23.7. The highest BCUT2D eigenvalue weighted by atomic mass is 16.5. The summed E-state index contributed by atoms with van der Waals surface area (Å²) in [7, 11) is 0. The van der Waals surface area contributed by atoms with E-state index < -0.39 is 17.3 Å². The monoisotopic (exact) mass is 445 g/mol. The molecule has 1 aliphatic carbocycles. The van der Waals surface area contributed by atoms with Crippen LogP contribution in [0.3, 0.4) is 0 Å². The zero-order valence-electron chi connectivity index (χ0n) is 19.1. The first-order valence-electron chi connectivity index (χ1n) is 11.0. The molecule has 8 heteroatoms. The molecule has 2 atom stereocenters. The van der Waals surface area contributed by atoms with Gasteiger partial charge in [0, 0.05) is 31.8 Å². The Kier molecular flexibility index (Phi) is 6.95. The second-order valence-corrected chi connectivity index (χ2v) is 8.09. The summed E-state index contributed by atoms with van der Waals surface area (Å²) in [6.07, 6.45) is 2.63. The third kappa shape index (κ3) is 3.99. The second kappa shape index (κ2) is 9.67. The molecule has 33 heavy (non-hydrogen) atoms. The van der Waals surface area contributed by atoms with E-state index in [0.29, 0.717) is 42.4 Å². The van der Waals surface area contributed by atoms with Gasteiger partial charge in [0.1, 0.15) is 6.07 Å². The summed E-state index contributed by atoms with van der Waals surface area (Å²) in [5.74, 6) is -0.212. The van der Waals surface area contributed by atoms with Crippen LogP contribution in [0.4, 0.5) is 0 Å². The highest BCUT2D eigenvalue weighted by Crippen LogP contribution is 2.54. The number of rotatable bonds is 6.